The Balaban J connectivity index is 1.46. The van der Waals surface area contributed by atoms with Crippen LogP contribution in [0.4, 0.5) is 4.39 Å². The minimum absolute atomic E-state index is 0.00975. The molecule has 144 valence electrons. The summed E-state index contributed by atoms with van der Waals surface area (Å²) in [7, 11) is 0. The van der Waals surface area contributed by atoms with E-state index in [4.69, 9.17) is 9.15 Å². The highest BCUT2D eigenvalue weighted by molar-refractivity contribution is 9.10. The Labute approximate surface area is 171 Å². The predicted molar refractivity (Wildman–Crippen MR) is 107 cm³/mol. The fraction of sp³-hybridized carbons (Fsp3) is 0.227. The van der Waals surface area contributed by atoms with Gasteiger partial charge in [-0.3, -0.25) is 4.79 Å². The molecule has 0 fully saturated rings. The van der Waals surface area contributed by atoms with Crippen LogP contribution in [0.3, 0.4) is 0 Å². The Morgan fingerprint density at radius 1 is 1.21 bits per heavy atom. The van der Waals surface area contributed by atoms with E-state index >= 15 is 0 Å². The molecular formula is C22H19BrFNO3. The summed E-state index contributed by atoms with van der Waals surface area (Å²) in [5.74, 6) is 1.04. The Bertz CT molecular complexity index is 1020. The van der Waals surface area contributed by atoms with Crippen molar-refractivity contribution in [2.75, 3.05) is 0 Å². The second kappa shape index (κ2) is 7.80. The number of rotatable bonds is 4. The molecule has 0 aliphatic carbocycles. The van der Waals surface area contributed by atoms with Gasteiger partial charge in [-0.1, -0.05) is 18.2 Å². The lowest BCUT2D eigenvalue weighted by Gasteiger charge is -2.34. The van der Waals surface area contributed by atoms with Crippen molar-refractivity contribution >= 4 is 21.8 Å². The van der Waals surface area contributed by atoms with Crippen LogP contribution in [0.15, 0.2) is 63.5 Å². The molecule has 3 aromatic rings. The number of carbonyl (C=O) groups excluding carboxylic acids is 1. The van der Waals surface area contributed by atoms with Crippen molar-refractivity contribution in [3.63, 3.8) is 0 Å². The molecule has 4 rings (SSSR count). The van der Waals surface area contributed by atoms with E-state index in [1.807, 2.05) is 31.2 Å². The van der Waals surface area contributed by atoms with Crippen molar-refractivity contribution in [1.82, 2.24) is 4.90 Å². The minimum atomic E-state index is -0.287. The summed E-state index contributed by atoms with van der Waals surface area (Å²) in [5.41, 5.74) is 1.93. The molecule has 0 bridgehead atoms. The third-order valence-electron chi connectivity index (χ3n) is 4.90. The van der Waals surface area contributed by atoms with Gasteiger partial charge >= 0.3 is 0 Å². The number of carbonyl (C=O) groups is 1. The van der Waals surface area contributed by atoms with Gasteiger partial charge in [0, 0.05) is 12.6 Å². The third-order valence-corrected chi connectivity index (χ3v) is 5.55. The van der Waals surface area contributed by atoms with Crippen LogP contribution in [0.5, 0.6) is 5.75 Å². The van der Waals surface area contributed by atoms with E-state index < -0.39 is 0 Å². The largest absolute Gasteiger partial charge is 0.484 e. The molecule has 0 spiro atoms. The van der Waals surface area contributed by atoms with Crippen LogP contribution in [0.25, 0.3) is 0 Å². The van der Waals surface area contributed by atoms with Gasteiger partial charge in [0.1, 0.15) is 23.9 Å². The van der Waals surface area contributed by atoms with Crippen LogP contribution in [0, 0.1) is 5.82 Å². The lowest BCUT2D eigenvalue weighted by atomic mass is 9.94. The number of furan rings is 1. The first-order valence-corrected chi connectivity index (χ1v) is 9.85. The standard InChI is InChI=1S/C22H19BrFNO3/c1-14-10-15-6-7-17(24)11-16(15)12-25(14)22(26)21-9-8-18(28-21)13-27-20-5-3-2-4-19(20)23/h2-9,11,14H,10,12-13H2,1H3/t14-/m0/s1. The van der Waals surface area contributed by atoms with E-state index in [1.54, 1.807) is 23.1 Å². The van der Waals surface area contributed by atoms with Crippen LogP contribution in [0.1, 0.15) is 34.4 Å². The van der Waals surface area contributed by atoms with E-state index in [1.165, 1.54) is 12.1 Å². The fourth-order valence-electron chi connectivity index (χ4n) is 3.40. The van der Waals surface area contributed by atoms with Gasteiger partial charge in [-0.15, -0.1) is 0 Å². The average Bonchev–Trinajstić information content (AvgIpc) is 3.16. The molecular weight excluding hydrogens is 425 g/mol. The molecule has 6 heteroatoms. The first kappa shape index (κ1) is 18.7. The highest BCUT2D eigenvalue weighted by Gasteiger charge is 2.29. The van der Waals surface area contributed by atoms with Crippen molar-refractivity contribution in [3.05, 3.63) is 87.5 Å². The molecule has 2 heterocycles. The number of ether oxygens (including phenoxy) is 1. The van der Waals surface area contributed by atoms with Gasteiger partial charge in [0.05, 0.1) is 4.47 Å². The van der Waals surface area contributed by atoms with E-state index in [-0.39, 0.29) is 30.1 Å². The maximum absolute atomic E-state index is 13.6. The van der Waals surface area contributed by atoms with Gasteiger partial charge in [-0.2, -0.15) is 0 Å². The van der Waals surface area contributed by atoms with Crippen LogP contribution < -0.4 is 4.74 Å². The summed E-state index contributed by atoms with van der Waals surface area (Å²) in [5, 5.41) is 0. The summed E-state index contributed by atoms with van der Waals surface area (Å²) < 4.78 is 25.9. The van der Waals surface area contributed by atoms with Gasteiger partial charge in [0.15, 0.2) is 5.76 Å². The predicted octanol–water partition coefficient (Wildman–Crippen LogP) is 5.35. The van der Waals surface area contributed by atoms with Crippen molar-refractivity contribution in [1.29, 1.82) is 0 Å². The lowest BCUT2D eigenvalue weighted by Crippen LogP contribution is -2.42. The SMILES string of the molecule is C[C@H]1Cc2ccc(F)cc2CN1C(=O)c1ccc(COc2ccccc2Br)o1. The molecule has 0 unspecified atom stereocenters. The first-order chi connectivity index (χ1) is 13.5. The normalized spacial score (nSPS) is 16.0. The van der Waals surface area contributed by atoms with E-state index in [0.29, 0.717) is 24.5 Å². The molecule has 4 nitrogen and oxygen atoms in total. The molecule has 0 N–H and O–H groups in total. The van der Waals surface area contributed by atoms with E-state index in [0.717, 1.165) is 15.6 Å². The number of amides is 1. The maximum Gasteiger partial charge on any atom is 0.290 e. The molecule has 1 amide bonds. The van der Waals surface area contributed by atoms with Crippen LogP contribution in [-0.2, 0) is 19.6 Å². The zero-order chi connectivity index (χ0) is 19.7. The molecule has 0 saturated heterocycles. The van der Waals surface area contributed by atoms with Gasteiger partial charge in [0.2, 0.25) is 0 Å². The highest BCUT2D eigenvalue weighted by atomic mass is 79.9. The molecule has 28 heavy (non-hydrogen) atoms. The molecule has 1 atom stereocenters. The van der Waals surface area contributed by atoms with Crippen molar-refractivity contribution in [2.45, 2.75) is 32.5 Å². The number of fused-ring (bicyclic) bond motifs is 1. The van der Waals surface area contributed by atoms with Gasteiger partial charge in [0.25, 0.3) is 5.91 Å². The average molecular weight is 444 g/mol. The van der Waals surface area contributed by atoms with Gasteiger partial charge in [-0.05, 0) is 76.8 Å². The third kappa shape index (κ3) is 3.83. The molecule has 2 aromatic carbocycles. The van der Waals surface area contributed by atoms with E-state index in [2.05, 4.69) is 15.9 Å². The highest BCUT2D eigenvalue weighted by Crippen LogP contribution is 2.27. The van der Waals surface area contributed by atoms with E-state index in [9.17, 15) is 9.18 Å². The number of benzene rings is 2. The number of nitrogens with zero attached hydrogens (tertiary/aromatic N) is 1. The van der Waals surface area contributed by atoms with Crippen LogP contribution in [-0.4, -0.2) is 16.8 Å². The topological polar surface area (TPSA) is 42.7 Å². The smallest absolute Gasteiger partial charge is 0.290 e. The maximum atomic E-state index is 13.6. The van der Waals surface area contributed by atoms with Crippen molar-refractivity contribution in [3.8, 4) is 5.75 Å². The number of hydrogen-bond acceptors (Lipinski definition) is 3. The molecule has 1 aliphatic heterocycles. The Hall–Kier alpha value is -2.60. The zero-order valence-corrected chi connectivity index (χ0v) is 16.9. The monoisotopic (exact) mass is 443 g/mol. The van der Waals surface area contributed by atoms with Gasteiger partial charge in [-0.25, -0.2) is 4.39 Å². The Morgan fingerprint density at radius 3 is 2.86 bits per heavy atom. The lowest BCUT2D eigenvalue weighted by molar-refractivity contribution is 0.0621. The summed E-state index contributed by atoms with van der Waals surface area (Å²) >= 11 is 3.43. The zero-order valence-electron chi connectivity index (χ0n) is 15.3. The van der Waals surface area contributed by atoms with Crippen molar-refractivity contribution < 1.29 is 18.3 Å². The second-order valence-electron chi connectivity index (χ2n) is 6.88. The second-order valence-corrected chi connectivity index (χ2v) is 7.74. The summed E-state index contributed by atoms with van der Waals surface area (Å²) in [6.45, 7) is 2.58. The molecule has 0 saturated carbocycles. The summed E-state index contributed by atoms with van der Waals surface area (Å²) in [6, 6.07) is 15.7. The number of para-hydroxylation sites is 1. The minimum Gasteiger partial charge on any atom is -0.484 e. The molecule has 0 radical (unpaired) electrons. The van der Waals surface area contributed by atoms with Gasteiger partial charge < -0.3 is 14.1 Å². The molecule has 1 aromatic heterocycles. The Morgan fingerprint density at radius 2 is 2.04 bits per heavy atom. The molecule has 1 aliphatic rings. The first-order valence-electron chi connectivity index (χ1n) is 9.05. The quantitative estimate of drug-likeness (QED) is 0.545. The fourth-order valence-corrected chi connectivity index (χ4v) is 3.80. The number of halogens is 2. The summed E-state index contributed by atoms with van der Waals surface area (Å²) in [6.07, 6.45) is 0.695. The Kier molecular flexibility index (Phi) is 5.22. The van der Waals surface area contributed by atoms with Crippen LogP contribution >= 0.6 is 15.9 Å². The van der Waals surface area contributed by atoms with Crippen LogP contribution in [0.2, 0.25) is 0 Å². The summed E-state index contributed by atoms with van der Waals surface area (Å²) in [4.78, 5) is 14.7. The van der Waals surface area contributed by atoms with Crippen molar-refractivity contribution in [2.24, 2.45) is 0 Å². The number of hydrogen-bond donors (Lipinski definition) is 0.